The standard InChI is InChI=1S/C15H15N3O2S/c1-20-13-5-4-12(9-11(13)3-2-6-16)15(19)18-10-14-17-7-8-21-14/h4-5,7-9H,6,10,16H2,1H3,(H,18,19). The number of hydrogen-bond donors (Lipinski definition) is 2. The zero-order chi connectivity index (χ0) is 15.1. The van der Waals surface area contributed by atoms with E-state index < -0.39 is 0 Å². The topological polar surface area (TPSA) is 77.2 Å². The molecule has 0 spiro atoms. The molecule has 108 valence electrons. The van der Waals surface area contributed by atoms with Gasteiger partial charge in [-0.2, -0.15) is 0 Å². The van der Waals surface area contributed by atoms with Gasteiger partial charge in [-0.3, -0.25) is 4.79 Å². The van der Waals surface area contributed by atoms with E-state index in [4.69, 9.17) is 10.5 Å². The van der Waals surface area contributed by atoms with E-state index in [1.165, 1.54) is 11.3 Å². The lowest BCUT2D eigenvalue weighted by Crippen LogP contribution is -2.22. The van der Waals surface area contributed by atoms with E-state index in [0.29, 0.717) is 23.4 Å². The molecule has 0 radical (unpaired) electrons. The van der Waals surface area contributed by atoms with Gasteiger partial charge in [0.05, 0.1) is 25.8 Å². The van der Waals surface area contributed by atoms with Crippen LogP contribution in [0.2, 0.25) is 0 Å². The van der Waals surface area contributed by atoms with Crippen LogP contribution in [0, 0.1) is 11.8 Å². The molecule has 2 aromatic rings. The van der Waals surface area contributed by atoms with Gasteiger partial charge in [0, 0.05) is 17.1 Å². The van der Waals surface area contributed by atoms with E-state index in [1.54, 1.807) is 31.5 Å². The molecule has 0 fully saturated rings. The van der Waals surface area contributed by atoms with Gasteiger partial charge in [-0.1, -0.05) is 11.8 Å². The first-order valence-electron chi connectivity index (χ1n) is 6.28. The van der Waals surface area contributed by atoms with Crippen LogP contribution in [0.25, 0.3) is 0 Å². The Morgan fingerprint density at radius 1 is 1.52 bits per heavy atom. The smallest absolute Gasteiger partial charge is 0.251 e. The number of hydrogen-bond acceptors (Lipinski definition) is 5. The lowest BCUT2D eigenvalue weighted by molar-refractivity contribution is 0.0951. The number of nitrogens with one attached hydrogen (secondary N) is 1. The first-order valence-corrected chi connectivity index (χ1v) is 7.16. The maximum atomic E-state index is 12.1. The molecule has 5 nitrogen and oxygen atoms in total. The number of rotatable bonds is 4. The largest absolute Gasteiger partial charge is 0.495 e. The van der Waals surface area contributed by atoms with Crippen LogP contribution < -0.4 is 15.8 Å². The van der Waals surface area contributed by atoms with Crippen molar-refractivity contribution in [3.05, 3.63) is 45.9 Å². The zero-order valence-electron chi connectivity index (χ0n) is 11.6. The minimum Gasteiger partial charge on any atom is -0.495 e. The van der Waals surface area contributed by atoms with Crippen molar-refractivity contribution in [2.24, 2.45) is 5.73 Å². The second-order valence-corrected chi connectivity index (χ2v) is 5.01. The van der Waals surface area contributed by atoms with Crippen molar-refractivity contribution in [3.8, 4) is 17.6 Å². The maximum Gasteiger partial charge on any atom is 0.251 e. The molecule has 1 aromatic carbocycles. The highest BCUT2D eigenvalue weighted by Crippen LogP contribution is 2.19. The Morgan fingerprint density at radius 2 is 2.38 bits per heavy atom. The van der Waals surface area contributed by atoms with Crippen molar-refractivity contribution in [1.82, 2.24) is 10.3 Å². The van der Waals surface area contributed by atoms with Crippen LogP contribution >= 0.6 is 11.3 Å². The summed E-state index contributed by atoms with van der Waals surface area (Å²) in [4.78, 5) is 16.2. The summed E-state index contributed by atoms with van der Waals surface area (Å²) in [5, 5.41) is 5.55. The molecule has 2 rings (SSSR count). The fourth-order valence-electron chi connectivity index (χ4n) is 1.69. The predicted octanol–water partition coefficient (Wildman–Crippen LogP) is 1.39. The molecule has 21 heavy (non-hydrogen) atoms. The number of aromatic nitrogens is 1. The van der Waals surface area contributed by atoms with Crippen molar-refractivity contribution >= 4 is 17.2 Å². The third-order valence-electron chi connectivity index (χ3n) is 2.67. The van der Waals surface area contributed by atoms with Crippen molar-refractivity contribution < 1.29 is 9.53 Å². The molecule has 0 atom stereocenters. The molecule has 6 heteroatoms. The summed E-state index contributed by atoms with van der Waals surface area (Å²) in [6.07, 6.45) is 1.71. The van der Waals surface area contributed by atoms with Gasteiger partial charge in [-0.05, 0) is 18.2 Å². The number of carbonyl (C=O) groups excluding carboxylic acids is 1. The number of nitrogens with two attached hydrogens (primary N) is 1. The molecule has 1 amide bonds. The third kappa shape index (κ3) is 4.05. The number of thiazole rings is 1. The van der Waals surface area contributed by atoms with E-state index in [9.17, 15) is 4.79 Å². The van der Waals surface area contributed by atoms with Gasteiger partial charge in [0.25, 0.3) is 5.91 Å². The van der Waals surface area contributed by atoms with Crippen LogP contribution in [0.3, 0.4) is 0 Å². The molecule has 0 aliphatic heterocycles. The molecule has 0 bridgehead atoms. The lowest BCUT2D eigenvalue weighted by Gasteiger charge is -2.07. The van der Waals surface area contributed by atoms with Gasteiger partial charge in [0.15, 0.2) is 0 Å². The summed E-state index contributed by atoms with van der Waals surface area (Å²) in [6.45, 7) is 0.663. The molecule has 0 aliphatic rings. The summed E-state index contributed by atoms with van der Waals surface area (Å²) in [7, 11) is 1.56. The van der Waals surface area contributed by atoms with Gasteiger partial charge in [-0.15, -0.1) is 11.3 Å². The normalized spacial score (nSPS) is 9.62. The summed E-state index contributed by atoms with van der Waals surface area (Å²) in [5.74, 6) is 6.10. The van der Waals surface area contributed by atoms with Crippen LogP contribution in [-0.2, 0) is 6.54 Å². The molecular formula is C15H15N3O2S. The van der Waals surface area contributed by atoms with Crippen molar-refractivity contribution in [3.63, 3.8) is 0 Å². The summed E-state index contributed by atoms with van der Waals surface area (Å²) >= 11 is 1.50. The van der Waals surface area contributed by atoms with Crippen molar-refractivity contribution in [2.75, 3.05) is 13.7 Å². The Balaban J connectivity index is 2.13. The molecular weight excluding hydrogens is 286 g/mol. The number of carbonyl (C=O) groups is 1. The number of methoxy groups -OCH3 is 1. The molecule has 1 aromatic heterocycles. The van der Waals surface area contributed by atoms with E-state index in [-0.39, 0.29) is 12.5 Å². The molecule has 0 unspecified atom stereocenters. The van der Waals surface area contributed by atoms with E-state index in [0.717, 1.165) is 5.01 Å². The molecule has 1 heterocycles. The number of nitrogens with zero attached hydrogens (tertiary/aromatic N) is 1. The number of ether oxygens (including phenoxy) is 1. The van der Waals surface area contributed by atoms with Gasteiger partial charge in [-0.25, -0.2) is 4.98 Å². The second-order valence-electron chi connectivity index (χ2n) is 4.03. The SMILES string of the molecule is COc1ccc(C(=O)NCc2nccs2)cc1C#CCN. The highest BCUT2D eigenvalue weighted by molar-refractivity contribution is 7.09. The summed E-state index contributed by atoms with van der Waals surface area (Å²) in [5.41, 5.74) is 6.53. The van der Waals surface area contributed by atoms with E-state index in [1.807, 2.05) is 5.38 Å². The van der Waals surface area contributed by atoms with Gasteiger partial charge >= 0.3 is 0 Å². The predicted molar refractivity (Wildman–Crippen MR) is 82.2 cm³/mol. The molecule has 0 saturated carbocycles. The minimum absolute atomic E-state index is 0.177. The molecule has 0 saturated heterocycles. The fourth-order valence-corrected chi connectivity index (χ4v) is 2.25. The second kappa shape index (κ2) is 7.43. The summed E-state index contributed by atoms with van der Waals surface area (Å²) in [6, 6.07) is 5.11. The maximum absolute atomic E-state index is 12.1. The van der Waals surface area contributed by atoms with Crippen LogP contribution in [0.1, 0.15) is 20.9 Å². The first kappa shape index (κ1) is 15.0. The van der Waals surface area contributed by atoms with Gasteiger partial charge in [0.1, 0.15) is 10.8 Å². The average molecular weight is 301 g/mol. The Morgan fingerprint density at radius 3 is 3.05 bits per heavy atom. The van der Waals surface area contributed by atoms with Crippen LogP contribution in [0.5, 0.6) is 5.75 Å². The highest BCUT2D eigenvalue weighted by Gasteiger charge is 2.09. The highest BCUT2D eigenvalue weighted by atomic mass is 32.1. The number of benzene rings is 1. The zero-order valence-corrected chi connectivity index (χ0v) is 12.4. The summed E-state index contributed by atoms with van der Waals surface area (Å²) < 4.78 is 5.21. The van der Waals surface area contributed by atoms with Crippen LogP contribution in [-0.4, -0.2) is 24.5 Å². The fraction of sp³-hybridized carbons (Fsp3) is 0.200. The monoisotopic (exact) mass is 301 g/mol. The van der Waals surface area contributed by atoms with Gasteiger partial charge in [0.2, 0.25) is 0 Å². The first-order chi connectivity index (χ1) is 10.2. The Bertz CT molecular complexity index is 672. The van der Waals surface area contributed by atoms with E-state index >= 15 is 0 Å². The Hall–Kier alpha value is -2.36. The average Bonchev–Trinajstić information content (AvgIpc) is 3.03. The van der Waals surface area contributed by atoms with Crippen LogP contribution in [0.15, 0.2) is 29.8 Å². The quantitative estimate of drug-likeness (QED) is 0.837. The number of amides is 1. The minimum atomic E-state index is -0.177. The third-order valence-corrected chi connectivity index (χ3v) is 3.45. The molecule has 0 aliphatic carbocycles. The van der Waals surface area contributed by atoms with Crippen LogP contribution in [0.4, 0.5) is 0 Å². The Kier molecular flexibility index (Phi) is 5.32. The van der Waals surface area contributed by atoms with Crippen molar-refractivity contribution in [1.29, 1.82) is 0 Å². The Labute approximate surface area is 127 Å². The lowest BCUT2D eigenvalue weighted by atomic mass is 10.1. The molecule has 3 N–H and O–H groups in total. The van der Waals surface area contributed by atoms with Crippen molar-refractivity contribution in [2.45, 2.75) is 6.54 Å². The van der Waals surface area contributed by atoms with E-state index in [2.05, 4.69) is 22.1 Å². The van der Waals surface area contributed by atoms with Gasteiger partial charge < -0.3 is 15.8 Å².